The van der Waals surface area contributed by atoms with E-state index < -0.39 is 0 Å². The third-order valence-corrected chi connectivity index (χ3v) is 3.38. The van der Waals surface area contributed by atoms with Gasteiger partial charge in [0, 0.05) is 17.9 Å². The Morgan fingerprint density at radius 2 is 2.21 bits per heavy atom. The molecule has 0 saturated carbocycles. The normalized spacial score (nSPS) is 23.5. The van der Waals surface area contributed by atoms with Crippen LogP contribution in [0.5, 0.6) is 0 Å². The first-order valence-electron chi connectivity index (χ1n) is 5.67. The molecule has 1 rings (SSSR count). The topological polar surface area (TPSA) is 3.24 Å². The van der Waals surface area contributed by atoms with E-state index in [9.17, 15) is 0 Å². The summed E-state index contributed by atoms with van der Waals surface area (Å²) in [5.74, 6) is 0. The molecule has 0 spiro atoms. The van der Waals surface area contributed by atoms with Crippen LogP contribution in [-0.4, -0.2) is 29.4 Å². The molecule has 1 heterocycles. The maximum Gasteiger partial charge on any atom is 0.0168 e. The Morgan fingerprint density at radius 1 is 1.43 bits per heavy atom. The van der Waals surface area contributed by atoms with Gasteiger partial charge in [-0.2, -0.15) is 0 Å². The summed E-state index contributed by atoms with van der Waals surface area (Å²) in [5, 5.41) is 1.14. The lowest BCUT2D eigenvalue weighted by Gasteiger charge is -2.34. The second-order valence-corrected chi connectivity index (χ2v) is 5.20. The van der Waals surface area contributed by atoms with Crippen molar-refractivity contribution in [3.63, 3.8) is 0 Å². The molecule has 2 heteroatoms. The number of halogens is 1. The number of nitrogens with zero attached hydrogens (tertiary/aromatic N) is 1. The van der Waals surface area contributed by atoms with Gasteiger partial charge in [-0.15, -0.1) is 0 Å². The first-order chi connectivity index (χ1) is 6.74. The zero-order valence-electron chi connectivity index (χ0n) is 9.43. The van der Waals surface area contributed by atoms with Gasteiger partial charge in [-0.1, -0.05) is 34.0 Å². The molecule has 1 aliphatic rings. The Kier molecular flexibility index (Phi) is 5.80. The number of hydrogen-bond acceptors (Lipinski definition) is 1. The Balaban J connectivity index is 2.41. The van der Waals surface area contributed by atoms with Gasteiger partial charge in [-0.3, -0.25) is 4.90 Å². The van der Waals surface area contributed by atoms with Crippen molar-refractivity contribution in [2.24, 2.45) is 0 Å². The molecule has 1 fully saturated rings. The molecule has 1 atom stereocenters. The molecular formula is C12H22BrN. The highest BCUT2D eigenvalue weighted by Crippen LogP contribution is 2.20. The molecule has 0 radical (unpaired) electrons. The van der Waals surface area contributed by atoms with Gasteiger partial charge in [-0.05, 0) is 39.7 Å². The van der Waals surface area contributed by atoms with Crippen LogP contribution in [0.1, 0.15) is 39.5 Å². The third kappa shape index (κ3) is 4.14. The first-order valence-corrected chi connectivity index (χ1v) is 6.79. The molecule has 0 bridgehead atoms. The van der Waals surface area contributed by atoms with Crippen LogP contribution in [0.4, 0.5) is 0 Å². The van der Waals surface area contributed by atoms with Crippen molar-refractivity contribution in [1.29, 1.82) is 0 Å². The number of likely N-dealkylation sites (tertiary alicyclic amines) is 1. The van der Waals surface area contributed by atoms with Crippen LogP contribution in [0.2, 0.25) is 0 Å². The SMILES string of the molecule is CC(C)=CCN1CCCCC1CCBr. The van der Waals surface area contributed by atoms with E-state index in [1.807, 2.05) is 0 Å². The summed E-state index contributed by atoms with van der Waals surface area (Å²) in [5.41, 5.74) is 1.44. The fourth-order valence-corrected chi connectivity index (χ4v) is 2.58. The molecule has 0 N–H and O–H groups in total. The summed E-state index contributed by atoms with van der Waals surface area (Å²) in [4.78, 5) is 2.64. The number of piperidine rings is 1. The highest BCUT2D eigenvalue weighted by atomic mass is 79.9. The van der Waals surface area contributed by atoms with Gasteiger partial charge in [-0.25, -0.2) is 0 Å². The minimum absolute atomic E-state index is 0.818. The Hall–Kier alpha value is 0.180. The molecule has 0 aromatic carbocycles. The highest BCUT2D eigenvalue weighted by Gasteiger charge is 2.20. The van der Waals surface area contributed by atoms with Crippen molar-refractivity contribution < 1.29 is 0 Å². The minimum Gasteiger partial charge on any atom is -0.297 e. The number of allylic oxidation sites excluding steroid dienone is 1. The fraction of sp³-hybridized carbons (Fsp3) is 0.833. The van der Waals surface area contributed by atoms with Crippen LogP contribution in [-0.2, 0) is 0 Å². The number of rotatable bonds is 4. The average Bonchev–Trinajstić information content (AvgIpc) is 2.17. The van der Waals surface area contributed by atoms with Crippen LogP contribution < -0.4 is 0 Å². The zero-order valence-corrected chi connectivity index (χ0v) is 11.0. The van der Waals surface area contributed by atoms with Crippen LogP contribution in [0.3, 0.4) is 0 Å². The molecular weight excluding hydrogens is 238 g/mol. The van der Waals surface area contributed by atoms with E-state index in [4.69, 9.17) is 0 Å². The van der Waals surface area contributed by atoms with Crippen molar-refractivity contribution in [2.75, 3.05) is 18.4 Å². The van der Waals surface area contributed by atoms with Gasteiger partial charge < -0.3 is 0 Å². The van der Waals surface area contributed by atoms with Crippen molar-refractivity contribution in [3.05, 3.63) is 11.6 Å². The lowest BCUT2D eigenvalue weighted by molar-refractivity contribution is 0.162. The van der Waals surface area contributed by atoms with Crippen LogP contribution >= 0.6 is 15.9 Å². The summed E-state index contributed by atoms with van der Waals surface area (Å²) < 4.78 is 0. The molecule has 14 heavy (non-hydrogen) atoms. The summed E-state index contributed by atoms with van der Waals surface area (Å²) in [6.45, 7) is 6.81. The Labute approximate surface area is 96.7 Å². The molecule has 0 aromatic rings. The van der Waals surface area contributed by atoms with E-state index in [0.29, 0.717) is 0 Å². The van der Waals surface area contributed by atoms with E-state index in [1.54, 1.807) is 0 Å². The molecule has 0 amide bonds. The van der Waals surface area contributed by atoms with Gasteiger partial charge in [0.2, 0.25) is 0 Å². The van der Waals surface area contributed by atoms with Crippen LogP contribution in [0.15, 0.2) is 11.6 Å². The fourth-order valence-electron chi connectivity index (χ4n) is 2.05. The molecule has 1 aliphatic heterocycles. The first kappa shape index (κ1) is 12.3. The van der Waals surface area contributed by atoms with Gasteiger partial charge in [0.15, 0.2) is 0 Å². The van der Waals surface area contributed by atoms with Crippen molar-refractivity contribution >= 4 is 15.9 Å². The van der Waals surface area contributed by atoms with E-state index in [1.165, 1.54) is 37.8 Å². The predicted molar refractivity (Wildman–Crippen MR) is 67.1 cm³/mol. The minimum atomic E-state index is 0.818. The second kappa shape index (κ2) is 6.62. The van der Waals surface area contributed by atoms with Gasteiger partial charge in [0.1, 0.15) is 0 Å². The maximum absolute atomic E-state index is 3.55. The number of alkyl halides is 1. The summed E-state index contributed by atoms with van der Waals surface area (Å²) in [6.07, 6.45) is 7.85. The van der Waals surface area contributed by atoms with E-state index in [0.717, 1.165) is 17.9 Å². The zero-order chi connectivity index (χ0) is 10.4. The van der Waals surface area contributed by atoms with Crippen LogP contribution in [0.25, 0.3) is 0 Å². The molecule has 82 valence electrons. The van der Waals surface area contributed by atoms with Gasteiger partial charge in [0.25, 0.3) is 0 Å². The lowest BCUT2D eigenvalue weighted by atomic mass is 10.00. The van der Waals surface area contributed by atoms with E-state index in [-0.39, 0.29) is 0 Å². The monoisotopic (exact) mass is 259 g/mol. The highest BCUT2D eigenvalue weighted by molar-refractivity contribution is 9.09. The van der Waals surface area contributed by atoms with Crippen molar-refractivity contribution in [2.45, 2.75) is 45.6 Å². The molecule has 0 aliphatic carbocycles. The molecule has 1 nitrogen and oxygen atoms in total. The average molecular weight is 260 g/mol. The second-order valence-electron chi connectivity index (χ2n) is 4.40. The number of hydrogen-bond donors (Lipinski definition) is 0. The Bertz CT molecular complexity index is 183. The van der Waals surface area contributed by atoms with Gasteiger partial charge >= 0.3 is 0 Å². The third-order valence-electron chi connectivity index (χ3n) is 2.93. The maximum atomic E-state index is 3.55. The van der Waals surface area contributed by atoms with E-state index in [2.05, 4.69) is 40.8 Å². The molecule has 0 aromatic heterocycles. The Morgan fingerprint density at radius 3 is 2.86 bits per heavy atom. The largest absolute Gasteiger partial charge is 0.297 e. The van der Waals surface area contributed by atoms with Crippen LogP contribution in [0, 0.1) is 0 Å². The lowest BCUT2D eigenvalue weighted by Crippen LogP contribution is -2.39. The predicted octanol–water partition coefficient (Wildman–Crippen LogP) is 3.59. The van der Waals surface area contributed by atoms with Crippen molar-refractivity contribution in [1.82, 2.24) is 4.90 Å². The quantitative estimate of drug-likeness (QED) is 0.551. The van der Waals surface area contributed by atoms with Crippen molar-refractivity contribution in [3.8, 4) is 0 Å². The standard InChI is InChI=1S/C12H22BrN/c1-11(2)7-10-14-9-4-3-5-12(14)6-8-13/h7,12H,3-6,8-10H2,1-2H3. The van der Waals surface area contributed by atoms with Gasteiger partial charge in [0.05, 0.1) is 0 Å². The molecule has 1 saturated heterocycles. The molecule has 1 unspecified atom stereocenters. The summed E-state index contributed by atoms with van der Waals surface area (Å²) in [6, 6.07) is 0.818. The van der Waals surface area contributed by atoms with E-state index >= 15 is 0 Å². The summed E-state index contributed by atoms with van der Waals surface area (Å²) in [7, 11) is 0. The smallest absolute Gasteiger partial charge is 0.0168 e. The summed E-state index contributed by atoms with van der Waals surface area (Å²) >= 11 is 3.55.